The molecule has 3 heterocycles. The molecule has 6 heteroatoms. The third-order valence-electron chi connectivity index (χ3n) is 5.30. The minimum Gasteiger partial charge on any atom is -0.376 e. The Kier molecular flexibility index (Phi) is 6.11. The highest BCUT2D eigenvalue weighted by Crippen LogP contribution is 2.20. The number of nitrogens with zero attached hydrogens (tertiary/aromatic N) is 3. The number of carbonyl (C=O) groups is 1. The van der Waals surface area contributed by atoms with Crippen LogP contribution in [0.15, 0.2) is 47.8 Å². The highest BCUT2D eigenvalue weighted by Gasteiger charge is 2.24. The molecule has 1 saturated heterocycles. The zero-order valence-corrected chi connectivity index (χ0v) is 17.8. The van der Waals surface area contributed by atoms with Crippen LogP contribution in [0.5, 0.6) is 0 Å². The van der Waals surface area contributed by atoms with E-state index in [0.717, 1.165) is 42.0 Å². The summed E-state index contributed by atoms with van der Waals surface area (Å²) < 4.78 is 7.78. The minimum absolute atomic E-state index is 0.0616. The van der Waals surface area contributed by atoms with Gasteiger partial charge >= 0.3 is 0 Å². The molecule has 0 bridgehead atoms. The second-order valence-corrected chi connectivity index (χ2v) is 8.71. The molecule has 1 unspecified atom stereocenters. The molecule has 1 aromatic carbocycles. The van der Waals surface area contributed by atoms with Crippen LogP contribution in [0.2, 0.25) is 0 Å². The van der Waals surface area contributed by atoms with Gasteiger partial charge in [0.2, 0.25) is 0 Å². The number of aryl methyl sites for hydroxylation is 2. The Morgan fingerprint density at radius 3 is 2.72 bits per heavy atom. The van der Waals surface area contributed by atoms with Crippen LogP contribution < -0.4 is 0 Å². The smallest absolute Gasteiger partial charge is 0.254 e. The Morgan fingerprint density at radius 2 is 2.10 bits per heavy atom. The third kappa shape index (κ3) is 4.95. The maximum Gasteiger partial charge on any atom is 0.254 e. The van der Waals surface area contributed by atoms with E-state index in [2.05, 4.69) is 29.5 Å². The molecule has 1 aliphatic rings. The van der Waals surface area contributed by atoms with Crippen molar-refractivity contribution in [2.45, 2.75) is 45.9 Å². The fourth-order valence-corrected chi connectivity index (χ4v) is 4.51. The molecule has 0 N–H and O–H groups in total. The van der Waals surface area contributed by atoms with Gasteiger partial charge in [-0.1, -0.05) is 18.2 Å². The summed E-state index contributed by atoms with van der Waals surface area (Å²) in [5.74, 6) is 0.0616. The van der Waals surface area contributed by atoms with Crippen LogP contribution in [0.25, 0.3) is 0 Å². The van der Waals surface area contributed by atoms with Gasteiger partial charge in [-0.3, -0.25) is 9.48 Å². The van der Waals surface area contributed by atoms with Crippen LogP contribution in [-0.2, 0) is 17.8 Å². The number of aromatic nitrogens is 2. The minimum atomic E-state index is 0.0616. The summed E-state index contributed by atoms with van der Waals surface area (Å²) in [6.07, 6.45) is 2.24. The summed E-state index contributed by atoms with van der Waals surface area (Å²) in [4.78, 5) is 16.4. The lowest BCUT2D eigenvalue weighted by Gasteiger charge is -2.25. The van der Waals surface area contributed by atoms with Crippen molar-refractivity contribution in [3.8, 4) is 0 Å². The van der Waals surface area contributed by atoms with Crippen molar-refractivity contribution in [1.29, 1.82) is 0 Å². The van der Waals surface area contributed by atoms with Gasteiger partial charge in [-0.05, 0) is 61.9 Å². The molecular formula is C23H27N3O2S. The van der Waals surface area contributed by atoms with Gasteiger partial charge in [-0.25, -0.2) is 0 Å². The first kappa shape index (κ1) is 19.9. The van der Waals surface area contributed by atoms with Gasteiger partial charge in [-0.15, -0.1) is 11.3 Å². The van der Waals surface area contributed by atoms with Crippen molar-refractivity contribution < 1.29 is 9.53 Å². The van der Waals surface area contributed by atoms with Gasteiger partial charge in [0.05, 0.1) is 24.9 Å². The Bertz CT molecular complexity index is 941. The van der Waals surface area contributed by atoms with E-state index < -0.39 is 0 Å². The molecule has 152 valence electrons. The van der Waals surface area contributed by atoms with E-state index in [9.17, 15) is 4.79 Å². The van der Waals surface area contributed by atoms with Gasteiger partial charge in [0.15, 0.2) is 0 Å². The van der Waals surface area contributed by atoms with E-state index in [4.69, 9.17) is 4.74 Å². The van der Waals surface area contributed by atoms with Crippen LogP contribution in [0.3, 0.4) is 0 Å². The Hall–Kier alpha value is -2.44. The van der Waals surface area contributed by atoms with Crippen LogP contribution in [-0.4, -0.2) is 39.8 Å². The molecule has 29 heavy (non-hydrogen) atoms. The monoisotopic (exact) mass is 409 g/mol. The number of ether oxygens (including phenoxy) is 1. The molecule has 0 aliphatic carbocycles. The Labute approximate surface area is 175 Å². The molecule has 2 aromatic heterocycles. The molecule has 4 rings (SSSR count). The van der Waals surface area contributed by atoms with E-state index in [0.29, 0.717) is 19.6 Å². The molecule has 1 aliphatic heterocycles. The van der Waals surface area contributed by atoms with Crippen molar-refractivity contribution in [2.24, 2.45) is 0 Å². The van der Waals surface area contributed by atoms with E-state index >= 15 is 0 Å². The zero-order valence-electron chi connectivity index (χ0n) is 17.0. The fourth-order valence-electron chi connectivity index (χ4n) is 3.79. The van der Waals surface area contributed by atoms with Gasteiger partial charge < -0.3 is 9.64 Å². The summed E-state index contributed by atoms with van der Waals surface area (Å²) >= 11 is 1.68. The van der Waals surface area contributed by atoms with Crippen LogP contribution >= 0.6 is 11.3 Å². The van der Waals surface area contributed by atoms with Crippen LogP contribution in [0.4, 0.5) is 0 Å². The number of benzene rings is 1. The van der Waals surface area contributed by atoms with Crippen molar-refractivity contribution in [3.63, 3.8) is 0 Å². The molecule has 1 amide bonds. The second kappa shape index (κ2) is 8.93. The summed E-state index contributed by atoms with van der Waals surface area (Å²) in [6, 6.07) is 14.1. The molecule has 1 atom stereocenters. The molecule has 3 aromatic rings. The predicted molar refractivity (Wildman–Crippen MR) is 115 cm³/mol. The predicted octanol–water partition coefficient (Wildman–Crippen LogP) is 4.43. The van der Waals surface area contributed by atoms with Gasteiger partial charge in [-0.2, -0.15) is 5.10 Å². The maximum atomic E-state index is 13.2. The number of hydrogen-bond acceptors (Lipinski definition) is 4. The van der Waals surface area contributed by atoms with Crippen molar-refractivity contribution >= 4 is 17.2 Å². The van der Waals surface area contributed by atoms with Crippen molar-refractivity contribution in [3.05, 3.63) is 75.2 Å². The van der Waals surface area contributed by atoms with E-state index in [-0.39, 0.29) is 12.0 Å². The number of amides is 1. The third-order valence-corrected chi connectivity index (χ3v) is 6.16. The molecule has 0 spiro atoms. The van der Waals surface area contributed by atoms with Gasteiger partial charge in [0.25, 0.3) is 5.91 Å². The quantitative estimate of drug-likeness (QED) is 0.580. The first-order chi connectivity index (χ1) is 14.1. The molecule has 5 nitrogen and oxygen atoms in total. The topological polar surface area (TPSA) is 47.4 Å². The first-order valence-electron chi connectivity index (χ1n) is 10.1. The number of thiophene rings is 1. The first-order valence-corrected chi connectivity index (χ1v) is 11.0. The average molecular weight is 410 g/mol. The van der Waals surface area contributed by atoms with Crippen molar-refractivity contribution in [2.75, 3.05) is 13.2 Å². The molecule has 0 radical (unpaired) electrons. The lowest BCUT2D eigenvalue weighted by atomic mass is 10.1. The molecular weight excluding hydrogens is 382 g/mol. The highest BCUT2D eigenvalue weighted by molar-refractivity contribution is 7.09. The van der Waals surface area contributed by atoms with E-state index in [1.165, 1.54) is 4.88 Å². The zero-order chi connectivity index (χ0) is 20.2. The van der Waals surface area contributed by atoms with Gasteiger partial charge in [0.1, 0.15) is 0 Å². The van der Waals surface area contributed by atoms with Crippen LogP contribution in [0, 0.1) is 13.8 Å². The maximum absolute atomic E-state index is 13.2. The fraction of sp³-hybridized carbons (Fsp3) is 0.391. The highest BCUT2D eigenvalue weighted by atomic mass is 32.1. The Balaban J connectivity index is 1.47. The lowest BCUT2D eigenvalue weighted by Crippen LogP contribution is -2.36. The largest absolute Gasteiger partial charge is 0.376 e. The molecule has 1 fully saturated rings. The lowest BCUT2D eigenvalue weighted by molar-refractivity contribution is 0.0509. The number of rotatable bonds is 7. The van der Waals surface area contributed by atoms with E-state index in [1.54, 1.807) is 11.3 Å². The summed E-state index contributed by atoms with van der Waals surface area (Å²) in [6.45, 7) is 6.84. The van der Waals surface area contributed by atoms with Crippen LogP contribution in [0.1, 0.15) is 45.0 Å². The summed E-state index contributed by atoms with van der Waals surface area (Å²) in [5, 5.41) is 6.57. The second-order valence-electron chi connectivity index (χ2n) is 7.68. The number of hydrogen-bond donors (Lipinski definition) is 0. The van der Waals surface area contributed by atoms with E-state index in [1.807, 2.05) is 46.8 Å². The van der Waals surface area contributed by atoms with Gasteiger partial charge in [0, 0.05) is 29.3 Å². The SMILES string of the molecule is Cc1cc(C)n(Cc2ccc(C(=O)N(Cc3cccs3)CC3CCCO3)cc2)n1. The number of carbonyl (C=O) groups excluding carboxylic acids is 1. The molecule has 0 saturated carbocycles. The standard InChI is InChI=1S/C23H27N3O2S/c1-17-13-18(2)26(24-17)14-19-7-9-20(10-8-19)23(27)25(15-21-5-3-11-28-21)16-22-6-4-12-29-22/h4,6-10,12-13,21H,3,5,11,14-16H2,1-2H3. The normalized spacial score (nSPS) is 16.3. The summed E-state index contributed by atoms with van der Waals surface area (Å²) in [7, 11) is 0. The van der Waals surface area contributed by atoms with Crippen molar-refractivity contribution in [1.82, 2.24) is 14.7 Å². The Morgan fingerprint density at radius 1 is 1.28 bits per heavy atom. The average Bonchev–Trinajstić information content (AvgIpc) is 3.46. The summed E-state index contributed by atoms with van der Waals surface area (Å²) in [5.41, 5.74) is 4.02.